The highest BCUT2D eigenvalue weighted by Gasteiger charge is 2.14. The van der Waals surface area contributed by atoms with Crippen LogP contribution in [-0.2, 0) is 23.1 Å². The Kier molecular flexibility index (Phi) is 6.88. The molecule has 0 aliphatic rings. The van der Waals surface area contributed by atoms with E-state index in [1.165, 1.54) is 0 Å². The van der Waals surface area contributed by atoms with Crippen molar-refractivity contribution >= 4 is 16.7 Å². The van der Waals surface area contributed by atoms with E-state index in [4.69, 9.17) is 9.15 Å². The minimum absolute atomic E-state index is 0.119. The summed E-state index contributed by atoms with van der Waals surface area (Å²) in [6.07, 6.45) is 0.119. The van der Waals surface area contributed by atoms with E-state index in [0.717, 1.165) is 21.8 Å². The van der Waals surface area contributed by atoms with Crippen LogP contribution in [0.1, 0.15) is 41.3 Å². The van der Waals surface area contributed by atoms with Crippen molar-refractivity contribution in [3.8, 4) is 5.75 Å². The molecule has 29 heavy (non-hydrogen) atoms. The molecule has 0 bridgehead atoms. The fourth-order valence-electron chi connectivity index (χ4n) is 2.77. The van der Waals surface area contributed by atoms with Crippen LogP contribution < -0.4 is 10.1 Å². The lowest BCUT2D eigenvalue weighted by Crippen LogP contribution is -2.22. The molecule has 1 aromatic heterocycles. The van der Waals surface area contributed by atoms with E-state index in [1.807, 2.05) is 69.3 Å². The maximum Gasteiger partial charge on any atom is 0.287 e. The number of hydrogen-bond acceptors (Lipinski definition) is 4. The van der Waals surface area contributed by atoms with E-state index < -0.39 is 10.8 Å². The predicted octanol–water partition coefficient (Wildman–Crippen LogP) is 4.61. The van der Waals surface area contributed by atoms with Crippen LogP contribution in [0.2, 0.25) is 0 Å². The summed E-state index contributed by atoms with van der Waals surface area (Å²) in [6.45, 7) is 6.29. The van der Waals surface area contributed by atoms with Gasteiger partial charge in [0.05, 0.1) is 22.7 Å². The van der Waals surface area contributed by atoms with Gasteiger partial charge in [-0.25, -0.2) is 0 Å². The van der Waals surface area contributed by atoms with E-state index in [2.05, 4.69) is 5.32 Å². The maximum absolute atomic E-state index is 12.5. The highest BCUT2D eigenvalue weighted by atomic mass is 32.2. The minimum Gasteiger partial charge on any atom is -0.491 e. The van der Waals surface area contributed by atoms with Gasteiger partial charge in [0.25, 0.3) is 5.91 Å². The summed E-state index contributed by atoms with van der Waals surface area (Å²) in [7, 11) is -1.22. The summed E-state index contributed by atoms with van der Waals surface area (Å²) < 4.78 is 23.7. The Morgan fingerprint density at radius 1 is 1.10 bits per heavy atom. The van der Waals surface area contributed by atoms with Gasteiger partial charge in [-0.1, -0.05) is 24.3 Å². The predicted molar refractivity (Wildman–Crippen MR) is 113 cm³/mol. The number of nitrogens with one attached hydrogen (secondary N) is 1. The zero-order valence-electron chi connectivity index (χ0n) is 16.8. The van der Waals surface area contributed by atoms with Crippen molar-refractivity contribution in [1.82, 2.24) is 5.32 Å². The van der Waals surface area contributed by atoms with Crippen LogP contribution in [0.15, 0.2) is 70.0 Å². The molecule has 5 nitrogen and oxygen atoms in total. The first kappa shape index (κ1) is 20.9. The molecule has 152 valence electrons. The van der Waals surface area contributed by atoms with Crippen LogP contribution in [0.3, 0.4) is 0 Å². The van der Waals surface area contributed by atoms with Gasteiger partial charge in [-0.3, -0.25) is 9.00 Å². The Balaban J connectivity index is 1.54. The monoisotopic (exact) mass is 411 g/mol. The van der Waals surface area contributed by atoms with Crippen LogP contribution in [0.5, 0.6) is 5.75 Å². The van der Waals surface area contributed by atoms with Gasteiger partial charge in [0.2, 0.25) is 0 Å². The quantitative estimate of drug-likeness (QED) is 0.588. The van der Waals surface area contributed by atoms with Crippen LogP contribution in [-0.4, -0.2) is 16.2 Å². The molecule has 0 saturated carbocycles. The fraction of sp³-hybridized carbons (Fsp3) is 0.261. The summed E-state index contributed by atoms with van der Waals surface area (Å²) in [5.41, 5.74) is 2.01. The van der Waals surface area contributed by atoms with Gasteiger partial charge in [0, 0.05) is 11.4 Å². The number of aryl methyl sites for hydroxylation is 1. The fourth-order valence-corrected chi connectivity index (χ4v) is 3.90. The molecule has 2 aromatic carbocycles. The van der Waals surface area contributed by atoms with Gasteiger partial charge in [-0.2, -0.15) is 0 Å². The van der Waals surface area contributed by atoms with Crippen molar-refractivity contribution in [2.75, 3.05) is 0 Å². The highest BCUT2D eigenvalue weighted by molar-refractivity contribution is 7.84. The highest BCUT2D eigenvalue weighted by Crippen LogP contribution is 2.17. The summed E-state index contributed by atoms with van der Waals surface area (Å²) in [6, 6.07) is 18.5. The van der Waals surface area contributed by atoms with Crippen LogP contribution >= 0.6 is 0 Å². The van der Waals surface area contributed by atoms with E-state index in [-0.39, 0.29) is 23.5 Å². The van der Waals surface area contributed by atoms with Crippen molar-refractivity contribution in [3.05, 3.63) is 83.3 Å². The average molecular weight is 412 g/mol. The lowest BCUT2D eigenvalue weighted by atomic mass is 10.2. The van der Waals surface area contributed by atoms with E-state index in [1.54, 1.807) is 12.1 Å². The molecule has 1 amide bonds. The van der Waals surface area contributed by atoms with E-state index in [0.29, 0.717) is 12.3 Å². The molecule has 0 saturated heterocycles. The molecule has 0 radical (unpaired) electrons. The van der Waals surface area contributed by atoms with E-state index in [9.17, 15) is 9.00 Å². The Morgan fingerprint density at radius 2 is 1.86 bits per heavy atom. The third-order valence-electron chi connectivity index (χ3n) is 4.16. The van der Waals surface area contributed by atoms with Crippen LogP contribution in [0.4, 0.5) is 0 Å². The van der Waals surface area contributed by atoms with Gasteiger partial charge < -0.3 is 14.5 Å². The average Bonchev–Trinajstić information content (AvgIpc) is 3.15. The first-order chi connectivity index (χ1) is 13.9. The van der Waals surface area contributed by atoms with Crippen molar-refractivity contribution in [1.29, 1.82) is 0 Å². The molecule has 3 aromatic rings. The lowest BCUT2D eigenvalue weighted by molar-refractivity contribution is 0.0921. The number of furan rings is 1. The summed E-state index contributed by atoms with van der Waals surface area (Å²) in [4.78, 5) is 13.1. The molecule has 1 N–H and O–H groups in total. The van der Waals surface area contributed by atoms with Crippen molar-refractivity contribution in [2.45, 2.75) is 44.1 Å². The number of rotatable bonds is 8. The molecule has 0 aliphatic carbocycles. The Bertz CT molecular complexity index is 992. The summed E-state index contributed by atoms with van der Waals surface area (Å²) >= 11 is 0. The minimum atomic E-state index is -1.22. The van der Waals surface area contributed by atoms with Crippen molar-refractivity contribution in [3.63, 3.8) is 0 Å². The molecular formula is C23H25NO4S. The van der Waals surface area contributed by atoms with Gasteiger partial charge >= 0.3 is 0 Å². The first-order valence-electron chi connectivity index (χ1n) is 9.48. The lowest BCUT2D eigenvalue weighted by Gasteiger charge is -2.10. The molecule has 1 heterocycles. The molecule has 6 heteroatoms. The Morgan fingerprint density at radius 3 is 2.55 bits per heavy atom. The smallest absolute Gasteiger partial charge is 0.287 e. The second-order valence-electron chi connectivity index (χ2n) is 7.07. The number of benzene rings is 2. The summed E-state index contributed by atoms with van der Waals surface area (Å²) in [5, 5.41) is 2.83. The Hall–Kier alpha value is -2.86. The van der Waals surface area contributed by atoms with Crippen LogP contribution in [0.25, 0.3) is 0 Å². The largest absolute Gasteiger partial charge is 0.491 e. The Labute approximate surface area is 173 Å². The molecule has 3 rings (SSSR count). The first-order valence-corrected chi connectivity index (χ1v) is 10.8. The number of hydrogen-bond donors (Lipinski definition) is 1. The molecule has 0 spiro atoms. The third-order valence-corrected chi connectivity index (χ3v) is 5.49. The van der Waals surface area contributed by atoms with Crippen LogP contribution in [0, 0.1) is 6.92 Å². The third kappa shape index (κ3) is 6.06. The zero-order chi connectivity index (χ0) is 20.8. The topological polar surface area (TPSA) is 68.5 Å². The number of carbonyl (C=O) groups excluding carboxylic acids is 1. The van der Waals surface area contributed by atoms with Crippen molar-refractivity contribution < 1.29 is 18.2 Å². The SMILES string of the molecule is Cc1cccc(S(=O)Cc2ccc(C(=O)NCc3ccc(OC(C)C)cc3)o2)c1. The number of amides is 1. The molecular weight excluding hydrogens is 386 g/mol. The molecule has 1 unspecified atom stereocenters. The van der Waals surface area contributed by atoms with Gasteiger partial charge in [0.15, 0.2) is 5.76 Å². The second kappa shape index (κ2) is 9.56. The zero-order valence-corrected chi connectivity index (χ0v) is 17.6. The van der Waals surface area contributed by atoms with Crippen molar-refractivity contribution in [2.24, 2.45) is 0 Å². The van der Waals surface area contributed by atoms with Gasteiger partial charge in [0.1, 0.15) is 11.5 Å². The molecule has 0 aliphatic heterocycles. The van der Waals surface area contributed by atoms with E-state index >= 15 is 0 Å². The molecule has 1 atom stereocenters. The van der Waals surface area contributed by atoms with Gasteiger partial charge in [-0.15, -0.1) is 0 Å². The number of carbonyl (C=O) groups is 1. The maximum atomic E-state index is 12.5. The second-order valence-corrected chi connectivity index (χ2v) is 8.52. The molecule has 0 fully saturated rings. The summed E-state index contributed by atoms with van der Waals surface area (Å²) in [5.74, 6) is 1.45. The standard InChI is InChI=1S/C23H25NO4S/c1-16(2)27-19-9-7-18(8-10-19)14-24-23(25)22-12-11-20(28-22)15-29(26)21-6-4-5-17(3)13-21/h4-13,16H,14-15H2,1-3H3,(H,24,25). The normalized spacial score (nSPS) is 12.0. The van der Waals surface area contributed by atoms with Gasteiger partial charge in [-0.05, 0) is 68.3 Å². The number of ether oxygens (including phenoxy) is 1.